The highest BCUT2D eigenvalue weighted by atomic mass is 32.1. The maximum absolute atomic E-state index is 12.1. The lowest BCUT2D eigenvalue weighted by atomic mass is 9.88. The summed E-state index contributed by atoms with van der Waals surface area (Å²) in [7, 11) is 1.64. The van der Waals surface area contributed by atoms with Crippen LogP contribution in [0.4, 0.5) is 5.13 Å². The van der Waals surface area contributed by atoms with Crippen molar-refractivity contribution in [2.75, 3.05) is 25.6 Å². The predicted octanol–water partition coefficient (Wildman–Crippen LogP) is 2.79. The zero-order valence-corrected chi connectivity index (χ0v) is 12.7. The minimum absolute atomic E-state index is 0.0376. The van der Waals surface area contributed by atoms with E-state index in [0.29, 0.717) is 18.3 Å². The Labute approximate surface area is 126 Å². The SMILES string of the molecule is COc1ccc(-c2csc(NC(=O)C3(C)COC3)n2)cc1. The number of nitrogens with zero attached hydrogens (tertiary/aromatic N) is 1. The van der Waals surface area contributed by atoms with Crippen LogP contribution in [0.15, 0.2) is 29.6 Å². The summed E-state index contributed by atoms with van der Waals surface area (Å²) < 4.78 is 10.2. The Hall–Kier alpha value is -1.92. The number of aromatic nitrogens is 1. The minimum atomic E-state index is -0.425. The third-order valence-corrected chi connectivity index (χ3v) is 4.26. The van der Waals surface area contributed by atoms with Crippen molar-refractivity contribution in [2.45, 2.75) is 6.92 Å². The molecule has 1 aromatic carbocycles. The third kappa shape index (κ3) is 2.77. The molecule has 6 heteroatoms. The number of thiazole rings is 1. The Bertz CT molecular complexity index is 647. The fourth-order valence-corrected chi connectivity index (χ4v) is 2.73. The van der Waals surface area contributed by atoms with Crippen LogP contribution in [-0.4, -0.2) is 31.2 Å². The molecule has 5 nitrogen and oxygen atoms in total. The molecule has 1 aliphatic rings. The van der Waals surface area contributed by atoms with Crippen LogP contribution in [0.5, 0.6) is 5.75 Å². The molecule has 0 spiro atoms. The van der Waals surface area contributed by atoms with Crippen molar-refractivity contribution in [3.63, 3.8) is 0 Å². The molecular formula is C15H16N2O3S. The van der Waals surface area contributed by atoms with Crippen LogP contribution in [0.3, 0.4) is 0 Å². The number of amides is 1. The maximum atomic E-state index is 12.1. The Morgan fingerprint density at radius 1 is 1.38 bits per heavy atom. The van der Waals surface area contributed by atoms with Gasteiger partial charge in [-0.2, -0.15) is 0 Å². The van der Waals surface area contributed by atoms with E-state index in [2.05, 4.69) is 10.3 Å². The van der Waals surface area contributed by atoms with E-state index in [0.717, 1.165) is 17.0 Å². The topological polar surface area (TPSA) is 60.5 Å². The van der Waals surface area contributed by atoms with E-state index in [4.69, 9.17) is 9.47 Å². The highest BCUT2D eigenvalue weighted by Crippen LogP contribution is 2.30. The van der Waals surface area contributed by atoms with E-state index < -0.39 is 5.41 Å². The van der Waals surface area contributed by atoms with E-state index in [9.17, 15) is 4.79 Å². The molecule has 0 saturated carbocycles. The number of rotatable bonds is 4. The quantitative estimate of drug-likeness (QED) is 0.943. The summed E-state index contributed by atoms with van der Waals surface area (Å²) in [6.45, 7) is 2.83. The molecule has 1 amide bonds. The normalized spacial score (nSPS) is 16.1. The van der Waals surface area contributed by atoms with Gasteiger partial charge in [-0.15, -0.1) is 11.3 Å². The number of carbonyl (C=O) groups excluding carboxylic acids is 1. The van der Waals surface area contributed by atoms with Gasteiger partial charge in [0, 0.05) is 10.9 Å². The lowest BCUT2D eigenvalue weighted by Crippen LogP contribution is -2.49. The van der Waals surface area contributed by atoms with Crippen molar-refractivity contribution < 1.29 is 14.3 Å². The molecule has 1 aromatic heterocycles. The molecule has 0 aliphatic carbocycles. The predicted molar refractivity (Wildman–Crippen MR) is 81.7 cm³/mol. The van der Waals surface area contributed by atoms with Gasteiger partial charge in [-0.3, -0.25) is 4.79 Å². The molecule has 2 aromatic rings. The Kier molecular flexibility index (Phi) is 3.65. The van der Waals surface area contributed by atoms with Gasteiger partial charge in [0.2, 0.25) is 5.91 Å². The van der Waals surface area contributed by atoms with Crippen LogP contribution in [0.25, 0.3) is 11.3 Å². The molecule has 1 aliphatic heterocycles. The summed E-state index contributed by atoms with van der Waals surface area (Å²) in [5.74, 6) is 0.768. The van der Waals surface area contributed by atoms with E-state index in [1.54, 1.807) is 7.11 Å². The molecule has 1 saturated heterocycles. The number of hydrogen-bond donors (Lipinski definition) is 1. The van der Waals surface area contributed by atoms with Gasteiger partial charge in [-0.25, -0.2) is 4.98 Å². The molecule has 0 unspecified atom stereocenters. The van der Waals surface area contributed by atoms with Crippen LogP contribution in [0.2, 0.25) is 0 Å². The highest BCUT2D eigenvalue weighted by molar-refractivity contribution is 7.14. The summed E-state index contributed by atoms with van der Waals surface area (Å²) in [4.78, 5) is 16.6. The van der Waals surface area contributed by atoms with Gasteiger partial charge in [0.1, 0.15) is 5.75 Å². The van der Waals surface area contributed by atoms with Gasteiger partial charge in [0.15, 0.2) is 5.13 Å². The van der Waals surface area contributed by atoms with E-state index in [-0.39, 0.29) is 5.91 Å². The maximum Gasteiger partial charge on any atom is 0.236 e. The number of anilines is 1. The standard InChI is InChI=1S/C15H16N2O3S/c1-15(8-20-9-15)13(18)17-14-16-12(7-21-14)10-3-5-11(19-2)6-4-10/h3-7H,8-9H2,1-2H3,(H,16,17,18). The fourth-order valence-electron chi connectivity index (χ4n) is 2.01. The molecule has 1 fully saturated rings. The van der Waals surface area contributed by atoms with Crippen LogP contribution in [0, 0.1) is 5.41 Å². The number of benzene rings is 1. The summed E-state index contributed by atoms with van der Waals surface area (Å²) in [5, 5.41) is 5.40. The molecule has 1 N–H and O–H groups in total. The molecule has 0 bridgehead atoms. The first-order chi connectivity index (χ1) is 10.1. The molecule has 3 rings (SSSR count). The Balaban J connectivity index is 1.72. The summed E-state index contributed by atoms with van der Waals surface area (Å²) in [5.41, 5.74) is 1.41. The van der Waals surface area contributed by atoms with Crippen LogP contribution >= 0.6 is 11.3 Å². The van der Waals surface area contributed by atoms with Gasteiger partial charge >= 0.3 is 0 Å². The Morgan fingerprint density at radius 3 is 2.67 bits per heavy atom. The first-order valence-corrected chi connectivity index (χ1v) is 7.48. The summed E-state index contributed by atoms with van der Waals surface area (Å²) in [6.07, 6.45) is 0. The molecule has 2 heterocycles. The second kappa shape index (κ2) is 5.46. The van der Waals surface area contributed by atoms with Crippen LogP contribution in [0.1, 0.15) is 6.92 Å². The van der Waals surface area contributed by atoms with E-state index in [1.165, 1.54) is 11.3 Å². The molecule has 110 valence electrons. The molecular weight excluding hydrogens is 288 g/mol. The van der Waals surface area contributed by atoms with E-state index >= 15 is 0 Å². The smallest absolute Gasteiger partial charge is 0.236 e. The van der Waals surface area contributed by atoms with Gasteiger partial charge in [0.05, 0.1) is 31.4 Å². The minimum Gasteiger partial charge on any atom is -0.497 e. The monoisotopic (exact) mass is 304 g/mol. The summed E-state index contributed by atoms with van der Waals surface area (Å²) >= 11 is 1.42. The van der Waals surface area contributed by atoms with Crippen molar-refractivity contribution in [1.82, 2.24) is 4.98 Å². The fraction of sp³-hybridized carbons (Fsp3) is 0.333. The highest BCUT2D eigenvalue weighted by Gasteiger charge is 2.41. The average molecular weight is 304 g/mol. The summed E-state index contributed by atoms with van der Waals surface area (Å²) in [6, 6.07) is 7.67. The van der Waals surface area contributed by atoms with Crippen molar-refractivity contribution in [2.24, 2.45) is 5.41 Å². The molecule has 21 heavy (non-hydrogen) atoms. The van der Waals surface area contributed by atoms with Crippen molar-refractivity contribution >= 4 is 22.4 Å². The lowest BCUT2D eigenvalue weighted by molar-refractivity contribution is -0.151. The first-order valence-electron chi connectivity index (χ1n) is 6.60. The van der Waals surface area contributed by atoms with Gasteiger partial charge in [-0.05, 0) is 31.2 Å². The number of methoxy groups -OCH3 is 1. The number of nitrogens with one attached hydrogen (secondary N) is 1. The average Bonchev–Trinajstić information content (AvgIpc) is 2.93. The van der Waals surface area contributed by atoms with Gasteiger partial charge < -0.3 is 14.8 Å². The third-order valence-electron chi connectivity index (χ3n) is 3.50. The largest absolute Gasteiger partial charge is 0.497 e. The second-order valence-corrected chi connectivity index (χ2v) is 6.13. The van der Waals surface area contributed by atoms with Crippen molar-refractivity contribution in [1.29, 1.82) is 0 Å². The number of carbonyl (C=O) groups is 1. The Morgan fingerprint density at radius 2 is 2.10 bits per heavy atom. The number of ether oxygens (including phenoxy) is 2. The molecule has 0 radical (unpaired) electrons. The lowest BCUT2D eigenvalue weighted by Gasteiger charge is -2.35. The van der Waals surface area contributed by atoms with Gasteiger partial charge in [-0.1, -0.05) is 0 Å². The van der Waals surface area contributed by atoms with Crippen molar-refractivity contribution in [3.05, 3.63) is 29.6 Å². The number of hydrogen-bond acceptors (Lipinski definition) is 5. The molecule has 0 atom stereocenters. The second-order valence-electron chi connectivity index (χ2n) is 5.27. The van der Waals surface area contributed by atoms with Crippen LogP contribution in [-0.2, 0) is 9.53 Å². The van der Waals surface area contributed by atoms with Gasteiger partial charge in [0.25, 0.3) is 0 Å². The van der Waals surface area contributed by atoms with E-state index in [1.807, 2.05) is 36.6 Å². The zero-order valence-electron chi connectivity index (χ0n) is 11.9. The zero-order chi connectivity index (χ0) is 14.9. The first kappa shape index (κ1) is 14.0. The van der Waals surface area contributed by atoms with Crippen LogP contribution < -0.4 is 10.1 Å². The van der Waals surface area contributed by atoms with Crippen molar-refractivity contribution in [3.8, 4) is 17.0 Å².